The van der Waals surface area contributed by atoms with Crippen molar-refractivity contribution in [2.75, 3.05) is 0 Å². The molecule has 1 rings (SSSR count). The highest BCUT2D eigenvalue weighted by atomic mass is 32.1. The summed E-state index contributed by atoms with van der Waals surface area (Å²) in [5.74, 6) is 0. The van der Waals surface area contributed by atoms with Gasteiger partial charge in [0.25, 0.3) is 0 Å². The molecule has 0 radical (unpaired) electrons. The molecule has 54 valence electrons. The molecule has 0 aliphatic carbocycles. The second-order valence-electron chi connectivity index (χ2n) is 2.62. The molecule has 0 N–H and O–H groups in total. The summed E-state index contributed by atoms with van der Waals surface area (Å²) >= 11 is 1.76. The van der Waals surface area contributed by atoms with Crippen LogP contribution in [-0.2, 0) is 6.42 Å². The van der Waals surface area contributed by atoms with Crippen molar-refractivity contribution in [3.8, 4) is 0 Å². The number of hydrogen-bond donors (Lipinski definition) is 0. The Bertz CT molecular complexity index is 203. The highest BCUT2D eigenvalue weighted by Crippen LogP contribution is 2.07. The van der Waals surface area contributed by atoms with Crippen LogP contribution in [0.1, 0.15) is 19.4 Å². The first-order valence-corrected chi connectivity index (χ1v) is 4.38. The lowest BCUT2D eigenvalue weighted by atomic mass is 10.2. The quantitative estimate of drug-likeness (QED) is 0.571. The summed E-state index contributed by atoms with van der Waals surface area (Å²) in [6.07, 6.45) is 3.34. The number of allylic oxidation sites excluding steroid dienone is 2. The highest BCUT2D eigenvalue weighted by molar-refractivity contribution is 7.07. The first-order valence-electron chi connectivity index (χ1n) is 3.43. The Hall–Kier alpha value is -0.560. The molecule has 0 aliphatic rings. The van der Waals surface area contributed by atoms with E-state index in [4.69, 9.17) is 0 Å². The first-order chi connectivity index (χ1) is 4.79. The van der Waals surface area contributed by atoms with E-state index in [0.29, 0.717) is 0 Å². The van der Waals surface area contributed by atoms with Gasteiger partial charge in [-0.3, -0.25) is 0 Å². The number of hydrogen-bond acceptors (Lipinski definition) is 1. The number of thiophene rings is 1. The fourth-order valence-corrected chi connectivity index (χ4v) is 1.41. The molecule has 0 aromatic carbocycles. The van der Waals surface area contributed by atoms with Gasteiger partial charge in [0.1, 0.15) is 0 Å². The average molecular weight is 152 g/mol. The third kappa shape index (κ3) is 2.36. The van der Waals surface area contributed by atoms with Crippen molar-refractivity contribution in [2.45, 2.75) is 20.3 Å². The Morgan fingerprint density at radius 2 is 2.40 bits per heavy atom. The van der Waals surface area contributed by atoms with E-state index in [0.717, 1.165) is 6.42 Å². The zero-order valence-electron chi connectivity index (χ0n) is 6.42. The molecule has 0 bridgehead atoms. The van der Waals surface area contributed by atoms with Gasteiger partial charge in [0.15, 0.2) is 0 Å². The van der Waals surface area contributed by atoms with Crippen molar-refractivity contribution < 1.29 is 0 Å². The van der Waals surface area contributed by atoms with Crippen LogP contribution in [-0.4, -0.2) is 0 Å². The van der Waals surface area contributed by atoms with Crippen LogP contribution in [0.25, 0.3) is 0 Å². The van der Waals surface area contributed by atoms with Crippen LogP contribution >= 0.6 is 11.3 Å². The van der Waals surface area contributed by atoms with Gasteiger partial charge in [0, 0.05) is 0 Å². The third-order valence-corrected chi connectivity index (χ3v) is 2.06. The molecule has 0 atom stereocenters. The van der Waals surface area contributed by atoms with Crippen LogP contribution in [0.2, 0.25) is 0 Å². The van der Waals surface area contributed by atoms with E-state index >= 15 is 0 Å². The summed E-state index contributed by atoms with van der Waals surface area (Å²) in [5.41, 5.74) is 2.82. The zero-order valence-corrected chi connectivity index (χ0v) is 7.24. The monoisotopic (exact) mass is 152 g/mol. The molecule has 1 heteroatoms. The molecular weight excluding hydrogens is 140 g/mol. The van der Waals surface area contributed by atoms with E-state index in [1.54, 1.807) is 11.3 Å². The normalized spacial score (nSPS) is 9.40. The largest absolute Gasteiger partial charge is 0.152 e. The van der Waals surface area contributed by atoms with Crippen molar-refractivity contribution >= 4 is 11.3 Å². The van der Waals surface area contributed by atoms with Crippen molar-refractivity contribution in [1.29, 1.82) is 0 Å². The Morgan fingerprint density at radius 3 is 2.90 bits per heavy atom. The van der Waals surface area contributed by atoms with E-state index in [-0.39, 0.29) is 0 Å². The third-order valence-electron chi connectivity index (χ3n) is 1.33. The molecule has 0 fully saturated rings. The lowest BCUT2D eigenvalue weighted by Crippen LogP contribution is -1.74. The SMILES string of the molecule is CC(C)=CCc1ccsc1. The average Bonchev–Trinajstić information content (AvgIpc) is 2.34. The maximum Gasteiger partial charge on any atom is -0.00581 e. The van der Waals surface area contributed by atoms with Gasteiger partial charge in [-0.05, 0) is 42.7 Å². The molecule has 1 aromatic heterocycles. The summed E-state index contributed by atoms with van der Waals surface area (Å²) in [6, 6.07) is 2.17. The van der Waals surface area contributed by atoms with Crippen LogP contribution in [0.4, 0.5) is 0 Å². The molecule has 10 heavy (non-hydrogen) atoms. The van der Waals surface area contributed by atoms with Crippen LogP contribution in [0.5, 0.6) is 0 Å². The van der Waals surface area contributed by atoms with Gasteiger partial charge >= 0.3 is 0 Å². The van der Waals surface area contributed by atoms with Crippen molar-refractivity contribution in [1.82, 2.24) is 0 Å². The van der Waals surface area contributed by atoms with Crippen molar-refractivity contribution in [3.63, 3.8) is 0 Å². The van der Waals surface area contributed by atoms with Gasteiger partial charge in [-0.15, -0.1) is 0 Å². The minimum atomic E-state index is 1.09. The summed E-state index contributed by atoms with van der Waals surface area (Å²) in [6.45, 7) is 4.26. The fraction of sp³-hybridized carbons (Fsp3) is 0.333. The van der Waals surface area contributed by atoms with Crippen LogP contribution in [0.3, 0.4) is 0 Å². The molecule has 1 heterocycles. The lowest BCUT2D eigenvalue weighted by Gasteiger charge is -1.89. The summed E-state index contributed by atoms with van der Waals surface area (Å²) in [5, 5.41) is 4.31. The molecule has 1 aromatic rings. The minimum Gasteiger partial charge on any atom is -0.152 e. The van der Waals surface area contributed by atoms with Gasteiger partial charge < -0.3 is 0 Å². The molecule has 0 aliphatic heterocycles. The topological polar surface area (TPSA) is 0 Å². The van der Waals surface area contributed by atoms with E-state index in [1.807, 2.05) is 0 Å². The Labute approximate surface area is 66.2 Å². The lowest BCUT2D eigenvalue weighted by molar-refractivity contribution is 1.23. The summed E-state index contributed by atoms with van der Waals surface area (Å²) in [4.78, 5) is 0. The molecule has 0 unspecified atom stereocenters. The van der Waals surface area contributed by atoms with Crippen LogP contribution in [0.15, 0.2) is 28.5 Å². The Balaban J connectivity index is 2.49. The van der Waals surface area contributed by atoms with E-state index in [1.165, 1.54) is 11.1 Å². The van der Waals surface area contributed by atoms with Gasteiger partial charge in [0.05, 0.1) is 0 Å². The zero-order chi connectivity index (χ0) is 7.40. The maximum atomic E-state index is 2.25. The van der Waals surface area contributed by atoms with Crippen LogP contribution < -0.4 is 0 Å². The highest BCUT2D eigenvalue weighted by Gasteiger charge is 1.87. The van der Waals surface area contributed by atoms with E-state index in [2.05, 4.69) is 36.7 Å². The molecule has 0 saturated carbocycles. The fourth-order valence-electron chi connectivity index (χ4n) is 0.731. The molecular formula is C9H12S. The molecule has 0 nitrogen and oxygen atoms in total. The number of rotatable bonds is 2. The Kier molecular flexibility index (Phi) is 2.69. The molecule has 0 spiro atoms. The molecule has 0 saturated heterocycles. The van der Waals surface area contributed by atoms with Gasteiger partial charge in [-0.2, -0.15) is 11.3 Å². The summed E-state index contributed by atoms with van der Waals surface area (Å²) in [7, 11) is 0. The maximum absolute atomic E-state index is 2.25. The first kappa shape index (κ1) is 7.55. The van der Waals surface area contributed by atoms with Gasteiger partial charge in [-0.1, -0.05) is 11.6 Å². The smallest absolute Gasteiger partial charge is 0.00581 e. The van der Waals surface area contributed by atoms with Crippen molar-refractivity contribution in [3.05, 3.63) is 34.0 Å². The van der Waals surface area contributed by atoms with Crippen molar-refractivity contribution in [2.24, 2.45) is 0 Å². The molecule has 0 amide bonds. The standard InChI is InChI=1S/C9H12S/c1-8(2)3-4-9-5-6-10-7-9/h3,5-7H,4H2,1-2H3. The van der Waals surface area contributed by atoms with E-state index < -0.39 is 0 Å². The summed E-state index contributed by atoms with van der Waals surface area (Å²) < 4.78 is 0. The van der Waals surface area contributed by atoms with Crippen LogP contribution in [0, 0.1) is 0 Å². The van der Waals surface area contributed by atoms with E-state index in [9.17, 15) is 0 Å². The van der Waals surface area contributed by atoms with Gasteiger partial charge in [0.2, 0.25) is 0 Å². The predicted molar refractivity (Wildman–Crippen MR) is 47.5 cm³/mol. The van der Waals surface area contributed by atoms with Gasteiger partial charge in [-0.25, -0.2) is 0 Å². The Morgan fingerprint density at radius 1 is 1.60 bits per heavy atom. The minimum absolute atomic E-state index is 1.09. The predicted octanol–water partition coefficient (Wildman–Crippen LogP) is 3.26. The second-order valence-corrected chi connectivity index (χ2v) is 3.40. The second kappa shape index (κ2) is 3.57.